The van der Waals surface area contributed by atoms with Gasteiger partial charge in [0.25, 0.3) is 0 Å². The summed E-state index contributed by atoms with van der Waals surface area (Å²) in [6.07, 6.45) is 1.96. The van der Waals surface area contributed by atoms with Crippen LogP contribution in [0.3, 0.4) is 0 Å². The molecule has 2 heterocycles. The number of piperidine rings is 1. The largest absolute Gasteiger partial charge is 0.497 e. The van der Waals surface area contributed by atoms with Crippen LogP contribution < -0.4 is 4.74 Å². The average Bonchev–Trinajstić information content (AvgIpc) is 3.17. The van der Waals surface area contributed by atoms with E-state index in [1.54, 1.807) is 7.11 Å². The van der Waals surface area contributed by atoms with Gasteiger partial charge in [0.2, 0.25) is 17.6 Å². The van der Waals surface area contributed by atoms with E-state index in [0.717, 1.165) is 50.3 Å². The first-order valence-corrected chi connectivity index (χ1v) is 9.62. The molecule has 1 aromatic carbocycles. The molecule has 1 fully saturated rings. The molecule has 0 aliphatic carbocycles. The van der Waals surface area contributed by atoms with Crippen LogP contribution in [0.1, 0.15) is 32.6 Å². The number of carbonyl (C=O) groups is 1. The normalized spacial score (nSPS) is 17.7. The molecule has 1 aliphatic rings. The second kappa shape index (κ2) is 8.99. The van der Waals surface area contributed by atoms with Gasteiger partial charge in [0.15, 0.2) is 0 Å². The van der Waals surface area contributed by atoms with E-state index in [4.69, 9.17) is 9.26 Å². The standard InChI is InChI=1S/C20H28N4O3/c1-4-24(5-2)20(25)16-7-6-12-23(13-16)14-18-21-19(22-27-18)15-8-10-17(26-3)11-9-15/h8-11,16H,4-7,12-14H2,1-3H3/t16-/m0/s1. The number of hydrogen-bond acceptors (Lipinski definition) is 6. The molecule has 1 atom stereocenters. The lowest BCUT2D eigenvalue weighted by Gasteiger charge is -2.33. The lowest BCUT2D eigenvalue weighted by Crippen LogP contribution is -2.44. The third kappa shape index (κ3) is 4.66. The molecule has 0 N–H and O–H groups in total. The van der Waals surface area contributed by atoms with Gasteiger partial charge < -0.3 is 14.2 Å². The van der Waals surface area contributed by atoms with Crippen molar-refractivity contribution in [2.24, 2.45) is 5.92 Å². The first kappa shape index (κ1) is 19.4. The molecule has 1 aliphatic heterocycles. The molecule has 1 aromatic heterocycles. The Morgan fingerprint density at radius 3 is 2.70 bits per heavy atom. The number of methoxy groups -OCH3 is 1. The predicted molar refractivity (Wildman–Crippen MR) is 102 cm³/mol. The summed E-state index contributed by atoms with van der Waals surface area (Å²) >= 11 is 0. The van der Waals surface area contributed by atoms with E-state index in [2.05, 4.69) is 15.0 Å². The molecule has 7 heteroatoms. The molecule has 2 aromatic rings. The van der Waals surface area contributed by atoms with Gasteiger partial charge in [-0.1, -0.05) is 5.16 Å². The quantitative estimate of drug-likeness (QED) is 0.744. The Morgan fingerprint density at radius 1 is 1.30 bits per heavy atom. The van der Waals surface area contributed by atoms with Gasteiger partial charge in [-0.15, -0.1) is 0 Å². The number of aromatic nitrogens is 2. The number of rotatable bonds is 7. The molecule has 7 nitrogen and oxygen atoms in total. The van der Waals surface area contributed by atoms with E-state index >= 15 is 0 Å². The van der Waals surface area contributed by atoms with Crippen molar-refractivity contribution in [1.29, 1.82) is 0 Å². The minimum Gasteiger partial charge on any atom is -0.497 e. The Bertz CT molecular complexity index is 740. The molecule has 3 rings (SSSR count). The molecule has 1 saturated heterocycles. The van der Waals surface area contributed by atoms with Gasteiger partial charge in [-0.3, -0.25) is 9.69 Å². The van der Waals surface area contributed by atoms with Crippen LogP contribution in [-0.2, 0) is 11.3 Å². The van der Waals surface area contributed by atoms with Crippen molar-refractivity contribution >= 4 is 5.91 Å². The van der Waals surface area contributed by atoms with Crippen molar-refractivity contribution in [3.8, 4) is 17.1 Å². The minimum absolute atomic E-state index is 0.0580. The zero-order chi connectivity index (χ0) is 19.2. The summed E-state index contributed by atoms with van der Waals surface area (Å²) in [5.41, 5.74) is 0.888. The fourth-order valence-electron chi connectivity index (χ4n) is 3.56. The van der Waals surface area contributed by atoms with Crippen molar-refractivity contribution in [3.05, 3.63) is 30.2 Å². The molecular weight excluding hydrogens is 344 g/mol. The van der Waals surface area contributed by atoms with Crippen molar-refractivity contribution < 1.29 is 14.1 Å². The van der Waals surface area contributed by atoms with E-state index in [-0.39, 0.29) is 11.8 Å². The van der Waals surface area contributed by atoms with E-state index < -0.39 is 0 Å². The van der Waals surface area contributed by atoms with E-state index in [9.17, 15) is 4.79 Å². The predicted octanol–water partition coefficient (Wildman–Crippen LogP) is 2.83. The second-order valence-electron chi connectivity index (χ2n) is 6.83. The second-order valence-corrected chi connectivity index (χ2v) is 6.83. The topological polar surface area (TPSA) is 71.7 Å². The maximum absolute atomic E-state index is 12.6. The number of ether oxygens (including phenoxy) is 1. The summed E-state index contributed by atoms with van der Waals surface area (Å²) < 4.78 is 10.6. The van der Waals surface area contributed by atoms with Gasteiger partial charge in [0.1, 0.15) is 5.75 Å². The third-order valence-corrected chi connectivity index (χ3v) is 5.11. The van der Waals surface area contributed by atoms with Crippen molar-refractivity contribution in [1.82, 2.24) is 19.9 Å². The fourth-order valence-corrected chi connectivity index (χ4v) is 3.56. The summed E-state index contributed by atoms with van der Waals surface area (Å²) in [5, 5.41) is 4.09. The molecule has 0 radical (unpaired) electrons. The lowest BCUT2D eigenvalue weighted by molar-refractivity contribution is -0.137. The van der Waals surface area contributed by atoms with Crippen LogP contribution in [0, 0.1) is 5.92 Å². The van der Waals surface area contributed by atoms with Crippen LogP contribution in [0.4, 0.5) is 0 Å². The number of nitrogens with zero attached hydrogens (tertiary/aromatic N) is 4. The van der Waals surface area contributed by atoms with Gasteiger partial charge in [-0.2, -0.15) is 4.98 Å². The molecule has 27 heavy (non-hydrogen) atoms. The van der Waals surface area contributed by atoms with Gasteiger partial charge in [-0.05, 0) is 57.5 Å². The van der Waals surface area contributed by atoms with Crippen LogP contribution >= 0.6 is 0 Å². The van der Waals surface area contributed by atoms with Crippen LogP contribution in [0.15, 0.2) is 28.8 Å². The summed E-state index contributed by atoms with van der Waals surface area (Å²) in [6, 6.07) is 7.57. The minimum atomic E-state index is 0.0580. The highest BCUT2D eigenvalue weighted by atomic mass is 16.5. The molecule has 0 spiro atoms. The molecular formula is C20H28N4O3. The van der Waals surface area contributed by atoms with Gasteiger partial charge in [0, 0.05) is 25.2 Å². The van der Waals surface area contributed by atoms with Crippen molar-refractivity contribution in [2.45, 2.75) is 33.2 Å². The molecule has 146 valence electrons. The van der Waals surface area contributed by atoms with Crippen LogP contribution in [0.2, 0.25) is 0 Å². The first-order valence-electron chi connectivity index (χ1n) is 9.62. The van der Waals surface area contributed by atoms with Crippen molar-refractivity contribution in [2.75, 3.05) is 33.3 Å². The number of benzene rings is 1. The van der Waals surface area contributed by atoms with Crippen LogP contribution in [0.5, 0.6) is 5.75 Å². The smallest absolute Gasteiger partial charge is 0.241 e. The Kier molecular flexibility index (Phi) is 6.45. The molecule has 1 amide bonds. The number of carbonyl (C=O) groups excluding carboxylic acids is 1. The van der Waals surface area contributed by atoms with Crippen molar-refractivity contribution in [3.63, 3.8) is 0 Å². The summed E-state index contributed by atoms with van der Waals surface area (Å²) in [5.74, 6) is 2.26. The molecule has 0 saturated carbocycles. The zero-order valence-electron chi connectivity index (χ0n) is 16.4. The maximum atomic E-state index is 12.6. The fraction of sp³-hybridized carbons (Fsp3) is 0.550. The Balaban J connectivity index is 1.61. The number of hydrogen-bond donors (Lipinski definition) is 0. The molecule has 0 bridgehead atoms. The average molecular weight is 372 g/mol. The van der Waals surface area contributed by atoms with E-state index in [0.29, 0.717) is 18.3 Å². The molecule has 0 unspecified atom stereocenters. The van der Waals surface area contributed by atoms with E-state index in [1.807, 2.05) is 43.0 Å². The maximum Gasteiger partial charge on any atom is 0.241 e. The monoisotopic (exact) mass is 372 g/mol. The van der Waals surface area contributed by atoms with Crippen LogP contribution in [0.25, 0.3) is 11.4 Å². The third-order valence-electron chi connectivity index (χ3n) is 5.11. The highest BCUT2D eigenvalue weighted by Gasteiger charge is 2.29. The van der Waals surface area contributed by atoms with Gasteiger partial charge in [0.05, 0.1) is 19.6 Å². The first-order chi connectivity index (χ1) is 13.1. The highest BCUT2D eigenvalue weighted by molar-refractivity contribution is 5.79. The Hall–Kier alpha value is -2.41. The zero-order valence-corrected chi connectivity index (χ0v) is 16.4. The van der Waals surface area contributed by atoms with E-state index in [1.165, 1.54) is 0 Å². The van der Waals surface area contributed by atoms with Crippen LogP contribution in [-0.4, -0.2) is 59.1 Å². The summed E-state index contributed by atoms with van der Waals surface area (Å²) in [4.78, 5) is 21.3. The Morgan fingerprint density at radius 2 is 2.04 bits per heavy atom. The van der Waals surface area contributed by atoms with Gasteiger partial charge >= 0.3 is 0 Å². The summed E-state index contributed by atoms with van der Waals surface area (Å²) in [6.45, 7) is 7.85. The number of amides is 1. The number of likely N-dealkylation sites (tertiary alicyclic amines) is 1. The lowest BCUT2D eigenvalue weighted by atomic mass is 9.96. The Labute approximate surface area is 160 Å². The highest BCUT2D eigenvalue weighted by Crippen LogP contribution is 2.23. The SMILES string of the molecule is CCN(CC)C(=O)[C@H]1CCCN(Cc2nc(-c3ccc(OC)cc3)no2)C1. The van der Waals surface area contributed by atoms with Gasteiger partial charge in [-0.25, -0.2) is 0 Å². The summed E-state index contributed by atoms with van der Waals surface area (Å²) in [7, 11) is 1.64.